The van der Waals surface area contributed by atoms with E-state index in [1.165, 1.54) is 24.4 Å². The molecule has 5 aromatic rings. The zero-order valence-corrected chi connectivity index (χ0v) is 19.9. The first kappa shape index (κ1) is 22.1. The summed E-state index contributed by atoms with van der Waals surface area (Å²) in [7, 11) is 1.30. The zero-order chi connectivity index (χ0) is 23.7. The van der Waals surface area contributed by atoms with Crippen molar-refractivity contribution in [3.63, 3.8) is 0 Å². The number of hydrogen-bond donors (Lipinski definition) is 1. The molecule has 0 spiro atoms. The Labute approximate surface area is 203 Å². The molecule has 0 fully saturated rings. The van der Waals surface area contributed by atoms with Gasteiger partial charge in [-0.25, -0.2) is 9.78 Å². The number of ether oxygens (including phenoxy) is 1. The second-order valence-electron chi connectivity index (χ2n) is 7.49. The van der Waals surface area contributed by atoms with E-state index in [2.05, 4.69) is 57.1 Å². The van der Waals surface area contributed by atoms with E-state index >= 15 is 0 Å². The van der Waals surface area contributed by atoms with Crippen LogP contribution in [-0.4, -0.2) is 44.3 Å². The molecule has 3 heterocycles. The van der Waals surface area contributed by atoms with E-state index in [-0.39, 0.29) is 11.7 Å². The highest BCUT2D eigenvalue weighted by Gasteiger charge is 2.18. The topological polar surface area (TPSA) is 98.5 Å². The number of esters is 1. The number of carbonyl (C=O) groups excluding carboxylic acids is 2. The normalized spacial score (nSPS) is 11.1. The number of amides is 1. The van der Waals surface area contributed by atoms with Crippen LogP contribution < -0.4 is 5.32 Å². The van der Waals surface area contributed by atoms with Gasteiger partial charge in [0, 0.05) is 10.9 Å². The van der Waals surface area contributed by atoms with Crippen molar-refractivity contribution in [3.8, 4) is 11.1 Å². The van der Waals surface area contributed by atoms with Crippen molar-refractivity contribution < 1.29 is 14.3 Å². The fourth-order valence-electron chi connectivity index (χ4n) is 3.56. The lowest BCUT2D eigenvalue weighted by molar-refractivity contribution is -0.113. The third kappa shape index (κ3) is 4.13. The quantitative estimate of drug-likeness (QED) is 0.269. The molecule has 0 bridgehead atoms. The van der Waals surface area contributed by atoms with Crippen LogP contribution in [0.15, 0.2) is 65.4 Å². The lowest BCUT2D eigenvalue weighted by Crippen LogP contribution is -2.17. The predicted molar refractivity (Wildman–Crippen MR) is 133 cm³/mol. The van der Waals surface area contributed by atoms with Gasteiger partial charge >= 0.3 is 5.97 Å². The Morgan fingerprint density at radius 2 is 1.91 bits per heavy atom. The van der Waals surface area contributed by atoms with Gasteiger partial charge in [0.25, 0.3) is 0 Å². The SMILES string of the molecule is COC(=O)c1ccccc1NC(=O)CSc1nnc2c3c(-c4ccc(C)cc4)csc3ncn12. The van der Waals surface area contributed by atoms with Gasteiger partial charge in [0.15, 0.2) is 10.8 Å². The number of methoxy groups -OCH3 is 1. The van der Waals surface area contributed by atoms with Crippen LogP contribution in [0.2, 0.25) is 0 Å². The Kier molecular flexibility index (Phi) is 5.99. The van der Waals surface area contributed by atoms with E-state index in [1.807, 2.05) is 0 Å². The Hall–Kier alpha value is -3.76. The number of rotatable bonds is 6. The van der Waals surface area contributed by atoms with E-state index in [0.29, 0.717) is 22.1 Å². The van der Waals surface area contributed by atoms with Crippen LogP contribution in [0.5, 0.6) is 0 Å². The number of benzene rings is 2. The van der Waals surface area contributed by atoms with Crippen molar-refractivity contribution in [3.05, 3.63) is 71.4 Å². The van der Waals surface area contributed by atoms with Gasteiger partial charge in [-0.3, -0.25) is 9.20 Å². The smallest absolute Gasteiger partial charge is 0.339 e. The third-order valence-corrected chi connectivity index (χ3v) is 7.08. The molecular formula is C24H19N5O3S2. The summed E-state index contributed by atoms with van der Waals surface area (Å²) in [5.41, 5.74) is 4.73. The molecule has 5 rings (SSSR count). The minimum absolute atomic E-state index is 0.0861. The van der Waals surface area contributed by atoms with E-state index in [4.69, 9.17) is 4.74 Å². The van der Waals surface area contributed by atoms with Crippen LogP contribution in [0.1, 0.15) is 15.9 Å². The van der Waals surface area contributed by atoms with Crippen molar-refractivity contribution in [2.75, 3.05) is 18.2 Å². The number of thiophene rings is 1. The summed E-state index contributed by atoms with van der Waals surface area (Å²) in [6.07, 6.45) is 1.68. The van der Waals surface area contributed by atoms with E-state index in [9.17, 15) is 9.59 Å². The van der Waals surface area contributed by atoms with Gasteiger partial charge in [0.2, 0.25) is 5.91 Å². The van der Waals surface area contributed by atoms with Crippen molar-refractivity contribution in [1.29, 1.82) is 0 Å². The Morgan fingerprint density at radius 1 is 1.12 bits per heavy atom. The largest absolute Gasteiger partial charge is 0.465 e. The first-order valence-electron chi connectivity index (χ1n) is 10.3. The molecule has 0 atom stereocenters. The van der Waals surface area contributed by atoms with Crippen LogP contribution in [0.25, 0.3) is 27.0 Å². The number of carbonyl (C=O) groups is 2. The van der Waals surface area contributed by atoms with Gasteiger partial charge in [-0.2, -0.15) is 0 Å². The molecule has 1 N–H and O–H groups in total. The maximum absolute atomic E-state index is 12.6. The molecule has 0 aliphatic rings. The molecule has 0 saturated heterocycles. The average Bonchev–Trinajstić information content (AvgIpc) is 3.47. The summed E-state index contributed by atoms with van der Waals surface area (Å²) in [5, 5.41) is 15.0. The first-order valence-corrected chi connectivity index (χ1v) is 12.2. The van der Waals surface area contributed by atoms with Crippen LogP contribution in [0.4, 0.5) is 5.69 Å². The number of para-hydroxylation sites is 1. The summed E-state index contributed by atoms with van der Waals surface area (Å²) >= 11 is 2.80. The highest BCUT2D eigenvalue weighted by molar-refractivity contribution is 7.99. The summed E-state index contributed by atoms with van der Waals surface area (Å²) in [4.78, 5) is 30.0. The monoisotopic (exact) mass is 489 g/mol. The maximum Gasteiger partial charge on any atom is 0.339 e. The Morgan fingerprint density at radius 3 is 2.71 bits per heavy atom. The molecule has 0 radical (unpaired) electrons. The molecule has 0 unspecified atom stereocenters. The number of aromatic nitrogens is 4. The van der Waals surface area contributed by atoms with E-state index < -0.39 is 5.97 Å². The molecule has 8 nitrogen and oxygen atoms in total. The summed E-state index contributed by atoms with van der Waals surface area (Å²) < 4.78 is 6.58. The first-order chi connectivity index (χ1) is 16.5. The molecular weight excluding hydrogens is 470 g/mol. The van der Waals surface area contributed by atoms with Gasteiger partial charge in [-0.15, -0.1) is 21.5 Å². The lowest BCUT2D eigenvalue weighted by atomic mass is 10.0. The molecule has 10 heteroatoms. The third-order valence-electron chi connectivity index (χ3n) is 5.25. The number of nitrogens with zero attached hydrogens (tertiary/aromatic N) is 4. The standard InChI is InChI=1S/C24H19N5O3S2/c1-14-7-9-15(10-8-14)17-11-33-22-20(17)21-27-28-24(29(21)13-25-22)34-12-19(30)26-18-6-4-3-5-16(18)23(31)32-2/h3-11,13H,12H2,1-2H3,(H,26,30). The predicted octanol–water partition coefficient (Wildman–Crippen LogP) is 4.83. The zero-order valence-electron chi connectivity index (χ0n) is 18.3. The van der Waals surface area contributed by atoms with Gasteiger partial charge < -0.3 is 10.1 Å². The fraction of sp³-hybridized carbons (Fsp3) is 0.125. The van der Waals surface area contributed by atoms with Gasteiger partial charge in [-0.05, 0) is 24.6 Å². The molecule has 0 aliphatic carbocycles. The van der Waals surface area contributed by atoms with Crippen molar-refractivity contribution >= 4 is 56.5 Å². The van der Waals surface area contributed by atoms with Crippen molar-refractivity contribution in [1.82, 2.24) is 19.6 Å². The molecule has 0 saturated carbocycles. The molecule has 2 aromatic carbocycles. The number of aryl methyl sites for hydroxylation is 1. The van der Waals surface area contributed by atoms with E-state index in [1.54, 1.807) is 46.3 Å². The number of thioether (sulfide) groups is 1. The molecule has 0 aliphatic heterocycles. The maximum atomic E-state index is 12.6. The minimum Gasteiger partial charge on any atom is -0.465 e. The molecule has 1 amide bonds. The number of fused-ring (bicyclic) bond motifs is 3. The van der Waals surface area contributed by atoms with Crippen LogP contribution in [-0.2, 0) is 9.53 Å². The van der Waals surface area contributed by atoms with Crippen LogP contribution in [0.3, 0.4) is 0 Å². The van der Waals surface area contributed by atoms with Gasteiger partial charge in [0.1, 0.15) is 11.2 Å². The van der Waals surface area contributed by atoms with Crippen molar-refractivity contribution in [2.24, 2.45) is 0 Å². The van der Waals surface area contributed by atoms with Gasteiger partial charge in [-0.1, -0.05) is 53.7 Å². The Bertz CT molecular complexity index is 1530. The lowest BCUT2D eigenvalue weighted by Gasteiger charge is -2.09. The molecule has 170 valence electrons. The van der Waals surface area contributed by atoms with Crippen LogP contribution in [0, 0.1) is 6.92 Å². The number of anilines is 1. The summed E-state index contributed by atoms with van der Waals surface area (Å²) in [5.74, 6) is -0.701. The number of nitrogens with one attached hydrogen (secondary N) is 1. The highest BCUT2D eigenvalue weighted by Crippen LogP contribution is 2.36. The van der Waals surface area contributed by atoms with Crippen LogP contribution >= 0.6 is 23.1 Å². The van der Waals surface area contributed by atoms with Gasteiger partial charge in [0.05, 0.1) is 29.5 Å². The Balaban J connectivity index is 1.39. The molecule has 34 heavy (non-hydrogen) atoms. The van der Waals surface area contributed by atoms with Crippen molar-refractivity contribution in [2.45, 2.75) is 12.1 Å². The number of hydrogen-bond acceptors (Lipinski definition) is 8. The summed E-state index contributed by atoms with van der Waals surface area (Å²) in [6.45, 7) is 2.06. The second-order valence-corrected chi connectivity index (χ2v) is 9.29. The summed E-state index contributed by atoms with van der Waals surface area (Å²) in [6, 6.07) is 15.0. The molecule has 3 aromatic heterocycles. The highest BCUT2D eigenvalue weighted by atomic mass is 32.2. The van der Waals surface area contributed by atoms with E-state index in [0.717, 1.165) is 21.3 Å². The average molecular weight is 490 g/mol. The second kappa shape index (κ2) is 9.24. The minimum atomic E-state index is -0.512. The fourth-order valence-corrected chi connectivity index (χ4v) is 5.18.